The predicted molar refractivity (Wildman–Crippen MR) is 67.1 cm³/mol. The molecule has 0 unspecified atom stereocenters. The van der Waals surface area contributed by atoms with Crippen LogP contribution in [0.1, 0.15) is 11.3 Å². The van der Waals surface area contributed by atoms with Gasteiger partial charge in [0.15, 0.2) is 11.6 Å². The predicted octanol–water partition coefficient (Wildman–Crippen LogP) is 2.30. The van der Waals surface area contributed by atoms with Crippen LogP contribution in [0.25, 0.3) is 0 Å². The topological polar surface area (TPSA) is 53.1 Å². The fraction of sp³-hybridized carbons (Fsp3) is 0.308. The Morgan fingerprint density at radius 1 is 1.37 bits per heavy atom. The van der Waals surface area contributed by atoms with Crippen LogP contribution in [0.4, 0.5) is 8.78 Å². The first-order valence-corrected chi connectivity index (χ1v) is 5.89. The zero-order valence-electron chi connectivity index (χ0n) is 10.8. The lowest BCUT2D eigenvalue weighted by Crippen LogP contribution is -2.05. The summed E-state index contributed by atoms with van der Waals surface area (Å²) >= 11 is 0. The highest BCUT2D eigenvalue weighted by Gasteiger charge is 2.17. The molecule has 1 aromatic heterocycles. The van der Waals surface area contributed by atoms with Crippen LogP contribution in [-0.2, 0) is 13.5 Å². The quantitative estimate of drug-likeness (QED) is 0.924. The van der Waals surface area contributed by atoms with E-state index in [1.807, 2.05) is 6.92 Å². The molecule has 2 rings (SSSR count). The molecule has 19 heavy (non-hydrogen) atoms. The molecule has 0 aliphatic heterocycles. The minimum absolute atomic E-state index is 0.165. The molecule has 102 valence electrons. The van der Waals surface area contributed by atoms with Crippen molar-refractivity contribution in [2.24, 2.45) is 12.8 Å². The largest absolute Gasteiger partial charge is 0.436 e. The second-order valence-corrected chi connectivity index (χ2v) is 4.19. The van der Waals surface area contributed by atoms with Crippen LogP contribution in [0.2, 0.25) is 0 Å². The van der Waals surface area contributed by atoms with Crippen LogP contribution in [0.15, 0.2) is 18.2 Å². The van der Waals surface area contributed by atoms with E-state index in [0.29, 0.717) is 18.8 Å². The number of nitrogens with two attached hydrogens (primary N) is 1. The molecular formula is C13H15F2N3O. The first kappa shape index (κ1) is 13.5. The Labute approximate surface area is 109 Å². The molecule has 0 atom stereocenters. The summed E-state index contributed by atoms with van der Waals surface area (Å²) in [5.41, 5.74) is 7.09. The summed E-state index contributed by atoms with van der Waals surface area (Å²) in [7, 11) is 1.68. The molecular weight excluding hydrogens is 252 g/mol. The number of aromatic nitrogens is 2. The van der Waals surface area contributed by atoms with E-state index >= 15 is 0 Å². The fourth-order valence-corrected chi connectivity index (χ4v) is 1.91. The summed E-state index contributed by atoms with van der Waals surface area (Å²) in [6.07, 6.45) is 0.561. The van der Waals surface area contributed by atoms with Crippen molar-refractivity contribution in [1.29, 1.82) is 0 Å². The summed E-state index contributed by atoms with van der Waals surface area (Å²) in [5.74, 6) is -1.74. The van der Waals surface area contributed by atoms with Gasteiger partial charge in [0.1, 0.15) is 0 Å². The van der Waals surface area contributed by atoms with Gasteiger partial charge in [-0.15, -0.1) is 0 Å². The third kappa shape index (κ3) is 2.58. The molecule has 0 aliphatic rings. The highest BCUT2D eigenvalue weighted by Crippen LogP contribution is 2.29. The molecule has 0 bridgehead atoms. The molecule has 0 saturated carbocycles. The smallest absolute Gasteiger partial charge is 0.221 e. The van der Waals surface area contributed by atoms with Crippen molar-refractivity contribution < 1.29 is 13.5 Å². The molecule has 0 fully saturated rings. The van der Waals surface area contributed by atoms with Crippen molar-refractivity contribution >= 4 is 0 Å². The van der Waals surface area contributed by atoms with E-state index in [-0.39, 0.29) is 5.75 Å². The van der Waals surface area contributed by atoms with Gasteiger partial charge in [-0.2, -0.15) is 9.49 Å². The molecule has 1 heterocycles. The van der Waals surface area contributed by atoms with Crippen LogP contribution in [-0.4, -0.2) is 16.3 Å². The molecule has 0 radical (unpaired) electrons. The maximum absolute atomic E-state index is 13.6. The van der Waals surface area contributed by atoms with E-state index in [1.54, 1.807) is 7.05 Å². The van der Waals surface area contributed by atoms with Crippen LogP contribution in [0.3, 0.4) is 0 Å². The maximum atomic E-state index is 13.6. The Bertz CT molecular complexity index is 596. The van der Waals surface area contributed by atoms with Crippen LogP contribution < -0.4 is 10.5 Å². The normalized spacial score (nSPS) is 10.8. The second kappa shape index (κ2) is 5.36. The molecule has 2 aromatic rings. The number of nitrogens with zero attached hydrogens (tertiary/aromatic N) is 2. The third-order valence-electron chi connectivity index (χ3n) is 2.81. The number of hydrogen-bond acceptors (Lipinski definition) is 3. The van der Waals surface area contributed by atoms with E-state index in [0.717, 1.165) is 17.3 Å². The van der Waals surface area contributed by atoms with Gasteiger partial charge >= 0.3 is 0 Å². The van der Waals surface area contributed by atoms with E-state index in [4.69, 9.17) is 10.5 Å². The second-order valence-electron chi connectivity index (χ2n) is 4.19. The van der Waals surface area contributed by atoms with Crippen LogP contribution in [0.5, 0.6) is 11.6 Å². The minimum Gasteiger partial charge on any atom is -0.436 e. The Balaban J connectivity index is 2.40. The summed E-state index contributed by atoms with van der Waals surface area (Å²) < 4.78 is 33.7. The Morgan fingerprint density at radius 2 is 2.11 bits per heavy atom. The Morgan fingerprint density at radius 3 is 2.79 bits per heavy atom. The molecule has 4 nitrogen and oxygen atoms in total. The molecule has 2 N–H and O–H groups in total. The number of aryl methyl sites for hydroxylation is 2. The number of ether oxygens (including phenoxy) is 1. The maximum Gasteiger partial charge on any atom is 0.221 e. The summed E-state index contributed by atoms with van der Waals surface area (Å²) in [6, 6.07) is 3.80. The molecule has 0 amide bonds. The first-order chi connectivity index (χ1) is 9.04. The van der Waals surface area contributed by atoms with Gasteiger partial charge < -0.3 is 10.5 Å². The van der Waals surface area contributed by atoms with Gasteiger partial charge in [-0.1, -0.05) is 6.07 Å². The van der Waals surface area contributed by atoms with E-state index in [9.17, 15) is 8.78 Å². The number of rotatable bonds is 4. The summed E-state index contributed by atoms with van der Waals surface area (Å²) in [6.45, 7) is 2.24. The van der Waals surface area contributed by atoms with Gasteiger partial charge in [0.2, 0.25) is 11.7 Å². The lowest BCUT2D eigenvalue weighted by atomic mass is 10.2. The minimum atomic E-state index is -1.01. The molecule has 6 heteroatoms. The van der Waals surface area contributed by atoms with Gasteiger partial charge in [0.25, 0.3) is 0 Å². The highest BCUT2D eigenvalue weighted by molar-refractivity contribution is 5.36. The standard InChI is InChI=1S/C13H15F2N3O/c1-8-9(6-7-16)13(18(2)17-8)19-11-5-3-4-10(14)12(11)15/h3-5H,6-7,16H2,1-2H3. The van der Waals surface area contributed by atoms with Crippen molar-refractivity contribution in [2.75, 3.05) is 6.54 Å². The number of halogens is 2. The van der Waals surface area contributed by atoms with E-state index in [1.165, 1.54) is 16.8 Å². The van der Waals surface area contributed by atoms with E-state index < -0.39 is 11.6 Å². The first-order valence-electron chi connectivity index (χ1n) is 5.89. The van der Waals surface area contributed by atoms with Gasteiger partial charge in [-0.25, -0.2) is 9.07 Å². The zero-order valence-corrected chi connectivity index (χ0v) is 10.8. The third-order valence-corrected chi connectivity index (χ3v) is 2.81. The van der Waals surface area contributed by atoms with Crippen LogP contribution >= 0.6 is 0 Å². The number of benzene rings is 1. The Hall–Kier alpha value is -1.95. The molecule has 0 aliphatic carbocycles. The zero-order chi connectivity index (χ0) is 14.0. The number of hydrogen-bond donors (Lipinski definition) is 1. The average molecular weight is 267 g/mol. The lowest BCUT2D eigenvalue weighted by Gasteiger charge is -2.09. The fourth-order valence-electron chi connectivity index (χ4n) is 1.91. The van der Waals surface area contributed by atoms with E-state index in [2.05, 4.69) is 5.10 Å². The molecule has 1 aromatic carbocycles. The van der Waals surface area contributed by atoms with Crippen molar-refractivity contribution in [3.63, 3.8) is 0 Å². The average Bonchev–Trinajstić information content (AvgIpc) is 2.62. The highest BCUT2D eigenvalue weighted by atomic mass is 19.2. The SMILES string of the molecule is Cc1nn(C)c(Oc2cccc(F)c2F)c1CCN. The molecule has 0 spiro atoms. The van der Waals surface area contributed by atoms with Gasteiger partial charge in [-0.05, 0) is 32.0 Å². The summed E-state index contributed by atoms with van der Waals surface area (Å²) in [4.78, 5) is 0. The molecule has 0 saturated heterocycles. The van der Waals surface area contributed by atoms with Crippen molar-refractivity contribution in [2.45, 2.75) is 13.3 Å². The summed E-state index contributed by atoms with van der Waals surface area (Å²) in [5, 5.41) is 4.20. The van der Waals surface area contributed by atoms with Crippen molar-refractivity contribution in [1.82, 2.24) is 9.78 Å². The van der Waals surface area contributed by atoms with Crippen molar-refractivity contribution in [3.05, 3.63) is 41.1 Å². The Kier molecular flexibility index (Phi) is 3.80. The van der Waals surface area contributed by atoms with Crippen LogP contribution in [0, 0.1) is 18.6 Å². The van der Waals surface area contributed by atoms with Gasteiger partial charge in [-0.3, -0.25) is 0 Å². The van der Waals surface area contributed by atoms with Crippen molar-refractivity contribution in [3.8, 4) is 11.6 Å². The van der Waals surface area contributed by atoms with Gasteiger partial charge in [0.05, 0.1) is 5.69 Å². The monoisotopic (exact) mass is 267 g/mol. The van der Waals surface area contributed by atoms with Gasteiger partial charge in [0, 0.05) is 12.6 Å². The lowest BCUT2D eigenvalue weighted by molar-refractivity contribution is 0.384.